The Hall–Kier alpha value is -3.31. The number of aromatic nitrogens is 1. The van der Waals surface area contributed by atoms with Gasteiger partial charge in [-0.15, -0.1) is 0 Å². The number of piperidine rings is 2. The van der Waals surface area contributed by atoms with Gasteiger partial charge >= 0.3 is 0 Å². The van der Waals surface area contributed by atoms with Gasteiger partial charge in [0.05, 0.1) is 36.7 Å². The average Bonchev–Trinajstić information content (AvgIpc) is 3.57. The number of carbonyl (C=O) groups excluding carboxylic acids is 2. The highest BCUT2D eigenvalue weighted by atomic mass is 16.5. The van der Waals surface area contributed by atoms with Gasteiger partial charge in [-0.3, -0.25) is 24.2 Å². The van der Waals surface area contributed by atoms with E-state index in [0.717, 1.165) is 70.4 Å². The molecule has 1 aromatic heterocycles. The molecule has 0 unspecified atom stereocenters. The molecule has 5 aliphatic heterocycles. The highest BCUT2D eigenvalue weighted by Crippen LogP contribution is 2.52. The van der Waals surface area contributed by atoms with E-state index in [-0.39, 0.29) is 17.9 Å². The summed E-state index contributed by atoms with van der Waals surface area (Å²) in [6, 6.07) is 5.74. The third-order valence-electron chi connectivity index (χ3n) is 8.44. The summed E-state index contributed by atoms with van der Waals surface area (Å²) in [5.41, 5.74) is 0.211. The summed E-state index contributed by atoms with van der Waals surface area (Å²) in [5, 5.41) is 18.3. The Kier molecular flexibility index (Phi) is 9.57. The van der Waals surface area contributed by atoms with Crippen LogP contribution in [0.25, 0.3) is 0 Å². The lowest BCUT2D eigenvalue weighted by atomic mass is 9.75. The first-order valence-corrected chi connectivity index (χ1v) is 14.1. The van der Waals surface area contributed by atoms with Crippen LogP contribution in [0.3, 0.4) is 0 Å². The summed E-state index contributed by atoms with van der Waals surface area (Å²) in [7, 11) is 0. The lowest BCUT2D eigenvalue weighted by Gasteiger charge is -2.39. The molecule has 1 spiro atoms. The summed E-state index contributed by atoms with van der Waals surface area (Å²) in [5.74, 6) is -0.797. The number of nitrogens with zero attached hydrogens (tertiary/aromatic N) is 3. The van der Waals surface area contributed by atoms with Crippen LogP contribution < -0.4 is 5.32 Å². The molecule has 1 aromatic rings. The number of rotatable bonds is 4. The van der Waals surface area contributed by atoms with Gasteiger partial charge in [0.25, 0.3) is 11.9 Å². The maximum absolute atomic E-state index is 13.6. The number of carboxylic acids is 2. The Balaban J connectivity index is 0.000000412. The van der Waals surface area contributed by atoms with E-state index in [4.69, 9.17) is 24.5 Å². The number of ether oxygens (including phenoxy) is 1. The van der Waals surface area contributed by atoms with E-state index in [0.29, 0.717) is 13.1 Å². The standard InChI is InChI=1S/C25H32N4O3.2C2H4O2/c30-23(28-13-7-18(8-14-28)17-5-11-26-12-6-17)21-20-4-9-25(32-20)16-29(24(31)22(21)25)15-19-3-1-2-10-27-19;2*1-2(3)4/h1-4,9-10,17-18,20-22,26H,5-8,11-16H2;2*1H3,(H,3,4)/t20-,21+,22-,25-;;/m1../s1. The van der Waals surface area contributed by atoms with Crippen molar-refractivity contribution in [1.29, 1.82) is 0 Å². The number of amides is 2. The second kappa shape index (κ2) is 12.9. The number of nitrogens with one attached hydrogen (secondary N) is 1. The smallest absolute Gasteiger partial charge is 0.300 e. The fourth-order valence-electron chi connectivity index (χ4n) is 6.80. The minimum absolute atomic E-state index is 0.0328. The van der Waals surface area contributed by atoms with Gasteiger partial charge in [-0.05, 0) is 62.7 Å². The molecule has 0 saturated carbocycles. The summed E-state index contributed by atoms with van der Waals surface area (Å²) in [6.07, 6.45) is 10.2. The molecule has 4 atom stereocenters. The van der Waals surface area contributed by atoms with Crippen LogP contribution in [0.2, 0.25) is 0 Å². The number of aliphatic carboxylic acids is 2. The van der Waals surface area contributed by atoms with E-state index in [1.165, 1.54) is 12.8 Å². The van der Waals surface area contributed by atoms with E-state index in [1.54, 1.807) is 6.20 Å². The predicted octanol–water partition coefficient (Wildman–Crippen LogP) is 1.78. The Labute approximate surface area is 234 Å². The molecule has 40 heavy (non-hydrogen) atoms. The molecule has 0 radical (unpaired) electrons. The number of carbonyl (C=O) groups is 4. The molecular formula is C29H40N4O7. The Morgan fingerprint density at radius 2 is 1.68 bits per heavy atom. The number of fused-ring (bicyclic) bond motifs is 1. The normalized spacial score (nSPS) is 29.2. The first-order valence-electron chi connectivity index (χ1n) is 14.1. The van der Waals surface area contributed by atoms with E-state index in [9.17, 15) is 9.59 Å². The largest absolute Gasteiger partial charge is 0.481 e. The summed E-state index contributed by atoms with van der Waals surface area (Å²) in [6.45, 7) is 7.00. The number of carboxylic acid groups (broad SMARTS) is 2. The molecule has 5 aliphatic rings. The summed E-state index contributed by atoms with van der Waals surface area (Å²) in [4.78, 5) is 53.3. The molecule has 0 aromatic carbocycles. The Bertz CT molecular complexity index is 1080. The molecule has 6 heterocycles. The second-order valence-corrected chi connectivity index (χ2v) is 11.2. The van der Waals surface area contributed by atoms with Crippen LogP contribution in [0, 0.1) is 23.7 Å². The van der Waals surface area contributed by atoms with E-state index < -0.39 is 29.4 Å². The molecule has 3 N–H and O–H groups in total. The van der Waals surface area contributed by atoms with Gasteiger partial charge in [-0.25, -0.2) is 0 Å². The van der Waals surface area contributed by atoms with Gasteiger partial charge in [-0.1, -0.05) is 18.2 Å². The van der Waals surface area contributed by atoms with Crippen molar-refractivity contribution in [1.82, 2.24) is 20.1 Å². The molecule has 2 amide bonds. The van der Waals surface area contributed by atoms with Crippen molar-refractivity contribution in [2.24, 2.45) is 23.7 Å². The molecule has 218 valence electrons. The topological polar surface area (TPSA) is 149 Å². The lowest BCUT2D eigenvalue weighted by Crippen LogP contribution is -2.49. The van der Waals surface area contributed by atoms with Crippen LogP contribution >= 0.6 is 0 Å². The van der Waals surface area contributed by atoms with Crippen LogP contribution in [0.5, 0.6) is 0 Å². The Morgan fingerprint density at radius 3 is 2.27 bits per heavy atom. The first-order chi connectivity index (χ1) is 19.1. The predicted molar refractivity (Wildman–Crippen MR) is 145 cm³/mol. The van der Waals surface area contributed by atoms with Gasteiger partial charge < -0.3 is 30.1 Å². The van der Waals surface area contributed by atoms with Crippen LogP contribution in [-0.2, 0) is 30.5 Å². The van der Waals surface area contributed by atoms with Crippen molar-refractivity contribution in [2.75, 3.05) is 32.7 Å². The molecule has 4 saturated heterocycles. The quantitative estimate of drug-likeness (QED) is 0.472. The number of hydrogen-bond donors (Lipinski definition) is 3. The van der Waals surface area contributed by atoms with Gasteiger partial charge in [0, 0.05) is 33.1 Å². The van der Waals surface area contributed by atoms with E-state index >= 15 is 0 Å². The van der Waals surface area contributed by atoms with Gasteiger partial charge in [0.1, 0.15) is 5.60 Å². The van der Waals surface area contributed by atoms with Gasteiger partial charge in [0.2, 0.25) is 11.8 Å². The van der Waals surface area contributed by atoms with Crippen molar-refractivity contribution >= 4 is 23.8 Å². The molecule has 0 aliphatic carbocycles. The maximum atomic E-state index is 13.6. The van der Waals surface area contributed by atoms with Crippen molar-refractivity contribution in [3.05, 3.63) is 42.2 Å². The number of likely N-dealkylation sites (tertiary alicyclic amines) is 2. The minimum Gasteiger partial charge on any atom is -0.481 e. The zero-order valence-electron chi connectivity index (χ0n) is 23.2. The monoisotopic (exact) mass is 556 g/mol. The SMILES string of the molecule is CC(=O)O.CC(=O)O.O=C([C@H]1[C@H]2C=C[C@]3(CN(Cc4ccccn4)C(=O)[C@@H]13)O2)N1CCC(C2CCNCC2)CC1. The Morgan fingerprint density at radius 1 is 1.05 bits per heavy atom. The third-order valence-corrected chi connectivity index (χ3v) is 8.44. The maximum Gasteiger partial charge on any atom is 0.300 e. The average molecular weight is 557 g/mol. The fourth-order valence-corrected chi connectivity index (χ4v) is 6.80. The van der Waals surface area contributed by atoms with Crippen molar-refractivity contribution < 1.29 is 34.1 Å². The molecule has 6 rings (SSSR count). The molecule has 4 fully saturated rings. The first kappa shape index (κ1) is 29.7. The number of pyridine rings is 1. The molecule has 11 heteroatoms. The lowest BCUT2D eigenvalue weighted by molar-refractivity contribution is -0.144. The summed E-state index contributed by atoms with van der Waals surface area (Å²) >= 11 is 0. The van der Waals surface area contributed by atoms with Crippen LogP contribution in [0.4, 0.5) is 0 Å². The van der Waals surface area contributed by atoms with Crippen molar-refractivity contribution in [3.63, 3.8) is 0 Å². The number of hydrogen-bond acceptors (Lipinski definition) is 7. The van der Waals surface area contributed by atoms with E-state index in [2.05, 4.69) is 10.3 Å². The fraction of sp³-hybridized carbons (Fsp3) is 0.621. The minimum atomic E-state index is -0.833. The molecular weight excluding hydrogens is 516 g/mol. The summed E-state index contributed by atoms with van der Waals surface area (Å²) < 4.78 is 6.31. The highest BCUT2D eigenvalue weighted by Gasteiger charge is 2.67. The van der Waals surface area contributed by atoms with Crippen LogP contribution in [-0.4, -0.2) is 93.2 Å². The van der Waals surface area contributed by atoms with E-state index in [1.807, 2.05) is 40.2 Å². The zero-order valence-corrected chi connectivity index (χ0v) is 23.2. The van der Waals surface area contributed by atoms with Crippen molar-refractivity contribution in [2.45, 2.75) is 57.8 Å². The van der Waals surface area contributed by atoms with Crippen molar-refractivity contribution in [3.8, 4) is 0 Å². The van der Waals surface area contributed by atoms with Crippen LogP contribution in [0.15, 0.2) is 36.5 Å². The van der Waals surface area contributed by atoms with Gasteiger partial charge in [-0.2, -0.15) is 0 Å². The van der Waals surface area contributed by atoms with Crippen LogP contribution in [0.1, 0.15) is 45.2 Å². The second-order valence-electron chi connectivity index (χ2n) is 11.2. The zero-order chi connectivity index (χ0) is 28.9. The molecule has 2 bridgehead atoms. The third kappa shape index (κ3) is 6.69. The highest BCUT2D eigenvalue weighted by molar-refractivity contribution is 5.93. The van der Waals surface area contributed by atoms with Gasteiger partial charge in [0.15, 0.2) is 0 Å². The molecule has 11 nitrogen and oxygen atoms in total.